The molecule has 1 atom stereocenters. The van der Waals surface area contributed by atoms with Gasteiger partial charge in [-0.25, -0.2) is 8.60 Å². The van der Waals surface area contributed by atoms with E-state index in [4.69, 9.17) is 4.55 Å². The summed E-state index contributed by atoms with van der Waals surface area (Å²) in [5.74, 6) is -0.479. The molecule has 22 heavy (non-hydrogen) atoms. The maximum Gasteiger partial charge on any atom is 0.259 e. The van der Waals surface area contributed by atoms with Crippen molar-refractivity contribution in [2.24, 2.45) is 0 Å². The Morgan fingerprint density at radius 3 is 2.55 bits per heavy atom. The van der Waals surface area contributed by atoms with Crippen LogP contribution in [0, 0.1) is 5.82 Å². The number of hydrogen-bond donors (Lipinski definition) is 3. The van der Waals surface area contributed by atoms with Gasteiger partial charge in [0, 0.05) is 5.69 Å². The van der Waals surface area contributed by atoms with Crippen LogP contribution < -0.4 is 10.0 Å². The molecule has 0 radical (unpaired) electrons. The van der Waals surface area contributed by atoms with E-state index in [0.717, 1.165) is 11.1 Å². The summed E-state index contributed by atoms with van der Waals surface area (Å²) in [6.45, 7) is 0. The molecular weight excluding hydrogens is 307 g/mol. The van der Waals surface area contributed by atoms with Crippen LogP contribution in [0.3, 0.4) is 0 Å². The third-order valence-corrected chi connectivity index (χ3v) is 3.49. The summed E-state index contributed by atoms with van der Waals surface area (Å²) in [5, 5.41) is 2.32. The molecule has 1 unspecified atom stereocenters. The van der Waals surface area contributed by atoms with Gasteiger partial charge in [-0.1, -0.05) is 18.2 Å². The van der Waals surface area contributed by atoms with Crippen molar-refractivity contribution >= 4 is 29.1 Å². The number of amides is 1. The Kier molecular flexibility index (Phi) is 5.62. The molecule has 0 fully saturated rings. The van der Waals surface area contributed by atoms with Crippen LogP contribution in [0.4, 0.5) is 15.8 Å². The maximum absolute atomic E-state index is 13.4. The predicted octanol–water partition coefficient (Wildman–Crippen LogP) is 2.73. The van der Waals surface area contributed by atoms with Crippen molar-refractivity contribution in [1.82, 2.24) is 0 Å². The second kappa shape index (κ2) is 7.67. The molecule has 0 spiro atoms. The molecule has 2 rings (SSSR count). The molecule has 2 aromatic carbocycles. The zero-order chi connectivity index (χ0) is 15.9. The van der Waals surface area contributed by atoms with Crippen LogP contribution in [-0.4, -0.2) is 15.2 Å². The normalized spacial score (nSPS) is 11.7. The molecule has 0 heterocycles. The molecule has 0 aliphatic heterocycles. The summed E-state index contributed by atoms with van der Waals surface area (Å²) in [7, 11) is 0. The average molecular weight is 322 g/mol. The van der Waals surface area contributed by atoms with Gasteiger partial charge in [0.05, 0.1) is 5.69 Å². The van der Waals surface area contributed by atoms with E-state index in [1.807, 2.05) is 6.07 Å². The maximum atomic E-state index is 13.4. The lowest BCUT2D eigenvalue weighted by molar-refractivity contribution is -0.105. The highest BCUT2D eigenvalue weighted by Crippen LogP contribution is 2.18. The van der Waals surface area contributed by atoms with Crippen LogP contribution in [-0.2, 0) is 28.9 Å². The quantitative estimate of drug-likeness (QED) is 0.542. The Hall–Kier alpha value is -2.25. The Morgan fingerprint density at radius 2 is 1.86 bits per heavy atom. The van der Waals surface area contributed by atoms with Gasteiger partial charge in [0.1, 0.15) is 5.82 Å². The second-order valence-corrected chi connectivity index (χ2v) is 5.33. The summed E-state index contributed by atoms with van der Waals surface area (Å²) in [5.41, 5.74) is 2.57. The summed E-state index contributed by atoms with van der Waals surface area (Å²) in [6, 6.07) is 11.7. The van der Waals surface area contributed by atoms with Crippen LogP contribution >= 0.6 is 0 Å². The number of nitrogens with one attached hydrogen (secondary N) is 2. The summed E-state index contributed by atoms with van der Waals surface area (Å²) < 4.78 is 35.3. The molecule has 3 N–H and O–H groups in total. The molecule has 0 aliphatic carbocycles. The third kappa shape index (κ3) is 4.64. The first-order valence-electron chi connectivity index (χ1n) is 6.53. The average Bonchev–Trinajstić information content (AvgIpc) is 2.48. The van der Waals surface area contributed by atoms with E-state index in [-0.39, 0.29) is 5.69 Å². The van der Waals surface area contributed by atoms with Gasteiger partial charge in [-0.15, -0.1) is 0 Å². The van der Waals surface area contributed by atoms with E-state index in [1.165, 1.54) is 6.07 Å². The van der Waals surface area contributed by atoms with E-state index in [9.17, 15) is 13.4 Å². The number of halogens is 1. The van der Waals surface area contributed by atoms with Gasteiger partial charge in [0.15, 0.2) is 0 Å². The van der Waals surface area contributed by atoms with Gasteiger partial charge >= 0.3 is 0 Å². The van der Waals surface area contributed by atoms with E-state index >= 15 is 0 Å². The topological polar surface area (TPSA) is 78.4 Å². The number of hydrogen-bond acceptors (Lipinski definition) is 2. The smallest absolute Gasteiger partial charge is 0.259 e. The molecule has 0 aliphatic rings. The number of rotatable bonds is 7. The van der Waals surface area contributed by atoms with Crippen LogP contribution in [0.5, 0.6) is 0 Å². The first kappa shape index (κ1) is 16.1. The lowest BCUT2D eigenvalue weighted by atomic mass is 10.0. The Bertz CT molecular complexity index is 694. The van der Waals surface area contributed by atoms with Gasteiger partial charge in [-0.05, 0) is 48.2 Å². The van der Waals surface area contributed by atoms with Gasteiger partial charge in [-0.3, -0.25) is 14.1 Å². The Morgan fingerprint density at radius 1 is 1.14 bits per heavy atom. The molecular formula is C15H15FN2O3S. The van der Waals surface area contributed by atoms with E-state index < -0.39 is 17.1 Å². The molecule has 0 saturated carbocycles. The van der Waals surface area contributed by atoms with Crippen molar-refractivity contribution < 1.29 is 17.9 Å². The Labute approximate surface area is 130 Å². The Balaban J connectivity index is 2.05. The fourth-order valence-corrected chi connectivity index (χ4v) is 2.41. The second-order valence-electron chi connectivity index (χ2n) is 4.63. The van der Waals surface area contributed by atoms with E-state index in [1.54, 1.807) is 30.3 Å². The summed E-state index contributed by atoms with van der Waals surface area (Å²) >= 11 is -2.11. The monoisotopic (exact) mass is 322 g/mol. The zero-order valence-corrected chi connectivity index (χ0v) is 12.4. The molecule has 0 saturated heterocycles. The van der Waals surface area contributed by atoms with E-state index in [0.29, 0.717) is 24.9 Å². The minimum atomic E-state index is -2.11. The lowest BCUT2D eigenvalue weighted by Crippen LogP contribution is -2.02. The minimum Gasteiger partial charge on any atom is -0.326 e. The number of carbonyl (C=O) groups is 1. The summed E-state index contributed by atoms with van der Waals surface area (Å²) in [4.78, 5) is 10.4. The number of anilines is 2. The highest BCUT2D eigenvalue weighted by molar-refractivity contribution is 7.80. The van der Waals surface area contributed by atoms with Crippen LogP contribution in [0.15, 0.2) is 42.5 Å². The number of benzene rings is 2. The SMILES string of the molecule is O=CNc1cc(CCc2cccc(NS(=O)O)c2)ccc1F. The van der Waals surface area contributed by atoms with Crippen molar-refractivity contribution in [3.8, 4) is 0 Å². The van der Waals surface area contributed by atoms with Crippen molar-refractivity contribution in [3.63, 3.8) is 0 Å². The number of carbonyl (C=O) groups excluding carboxylic acids is 1. The molecule has 0 bridgehead atoms. The predicted molar refractivity (Wildman–Crippen MR) is 84.3 cm³/mol. The lowest BCUT2D eigenvalue weighted by Gasteiger charge is -2.07. The molecule has 7 heteroatoms. The fraction of sp³-hybridized carbons (Fsp3) is 0.133. The van der Waals surface area contributed by atoms with Crippen molar-refractivity contribution in [2.45, 2.75) is 12.8 Å². The van der Waals surface area contributed by atoms with Crippen molar-refractivity contribution in [3.05, 3.63) is 59.4 Å². The van der Waals surface area contributed by atoms with Crippen LogP contribution in [0.2, 0.25) is 0 Å². The molecule has 0 aromatic heterocycles. The van der Waals surface area contributed by atoms with Gasteiger partial charge in [0.25, 0.3) is 11.3 Å². The molecule has 1 amide bonds. The van der Waals surface area contributed by atoms with E-state index in [2.05, 4.69) is 10.0 Å². The van der Waals surface area contributed by atoms with Crippen LogP contribution in [0.1, 0.15) is 11.1 Å². The van der Waals surface area contributed by atoms with Crippen molar-refractivity contribution in [1.29, 1.82) is 0 Å². The van der Waals surface area contributed by atoms with Gasteiger partial charge < -0.3 is 5.32 Å². The van der Waals surface area contributed by atoms with Crippen molar-refractivity contribution in [2.75, 3.05) is 10.0 Å². The molecule has 116 valence electrons. The minimum absolute atomic E-state index is 0.151. The first-order valence-corrected chi connectivity index (χ1v) is 7.64. The van der Waals surface area contributed by atoms with Gasteiger partial charge in [0.2, 0.25) is 6.41 Å². The highest BCUT2D eigenvalue weighted by atomic mass is 32.2. The first-order chi connectivity index (χ1) is 10.6. The van der Waals surface area contributed by atoms with Crippen LogP contribution in [0.25, 0.3) is 0 Å². The molecule has 2 aromatic rings. The molecule has 5 nitrogen and oxygen atoms in total. The number of aryl methyl sites for hydroxylation is 2. The zero-order valence-electron chi connectivity index (χ0n) is 11.6. The summed E-state index contributed by atoms with van der Waals surface area (Å²) in [6.07, 6.45) is 1.77. The largest absolute Gasteiger partial charge is 0.326 e. The third-order valence-electron chi connectivity index (χ3n) is 3.08. The fourth-order valence-electron chi connectivity index (χ4n) is 2.08. The standard InChI is InChI=1S/C15H15FN2O3S/c16-14-7-6-12(9-15(14)17-10-19)5-4-11-2-1-3-13(8-11)18-22(20)21/h1-3,6-10,18H,4-5H2,(H,17,19)(H,20,21). The highest BCUT2D eigenvalue weighted by Gasteiger charge is 2.04. The van der Waals surface area contributed by atoms with Gasteiger partial charge in [-0.2, -0.15) is 0 Å².